The highest BCUT2D eigenvalue weighted by molar-refractivity contribution is 5.30. The number of unbranched alkanes of at least 4 members (excludes halogenated alkanes) is 1. The van der Waals surface area contributed by atoms with E-state index in [2.05, 4.69) is 30.6 Å². The quantitative estimate of drug-likeness (QED) is 0.480. The Morgan fingerprint density at radius 1 is 1.30 bits per heavy atom. The van der Waals surface area contributed by atoms with Crippen LogP contribution in [0.5, 0.6) is 0 Å². The van der Waals surface area contributed by atoms with Crippen molar-refractivity contribution in [1.29, 1.82) is 0 Å². The molecule has 0 aromatic carbocycles. The monoisotopic (exact) mass is 132 g/mol. The number of allylic oxidation sites excluding steroid dienone is 2. The van der Waals surface area contributed by atoms with Crippen molar-refractivity contribution in [2.45, 2.75) is 26.7 Å². The third-order valence-electron chi connectivity index (χ3n) is 0.848. The zero-order valence-electron chi connectivity index (χ0n) is 6.57. The summed E-state index contributed by atoms with van der Waals surface area (Å²) < 4.78 is 0. The third-order valence-corrected chi connectivity index (χ3v) is 0.848. The molecule has 0 spiro atoms. The van der Waals surface area contributed by atoms with Gasteiger partial charge in [0.25, 0.3) is 0 Å². The minimum atomic E-state index is 0.949. The Kier molecular flexibility index (Phi) is 6.96. The van der Waals surface area contributed by atoms with Crippen molar-refractivity contribution in [1.82, 2.24) is 0 Å². The molecule has 0 N–H and O–H groups in total. The van der Waals surface area contributed by atoms with Gasteiger partial charge in [0, 0.05) is 6.42 Å². The van der Waals surface area contributed by atoms with Crippen LogP contribution in [0.3, 0.4) is 0 Å². The molecule has 0 heterocycles. The maximum Gasteiger partial charge on any atom is 0.00963 e. The van der Waals surface area contributed by atoms with E-state index in [0.717, 1.165) is 12.8 Å². The first-order chi connectivity index (χ1) is 4.91. The summed E-state index contributed by atoms with van der Waals surface area (Å²) in [5.41, 5.74) is 0. The Balaban J connectivity index is 3.56. The normalized spacial score (nSPS) is 7.80. The fraction of sp³-hybridized carbons (Fsp3) is 0.400. The van der Waals surface area contributed by atoms with Crippen molar-refractivity contribution in [3.63, 3.8) is 0 Å². The Hall–Kier alpha value is -1.14. The maximum absolute atomic E-state index is 2.94. The number of rotatable bonds is 1. The van der Waals surface area contributed by atoms with Crippen LogP contribution in [0.1, 0.15) is 26.7 Å². The second-order valence-corrected chi connectivity index (χ2v) is 1.82. The van der Waals surface area contributed by atoms with E-state index in [-0.39, 0.29) is 0 Å². The molecule has 0 saturated carbocycles. The van der Waals surface area contributed by atoms with E-state index in [1.165, 1.54) is 0 Å². The highest BCUT2D eigenvalue weighted by atomic mass is 13.7. The van der Waals surface area contributed by atoms with Gasteiger partial charge in [-0.1, -0.05) is 24.8 Å². The molecular weight excluding hydrogens is 120 g/mol. The number of hydrogen-bond acceptors (Lipinski definition) is 0. The lowest BCUT2D eigenvalue weighted by molar-refractivity contribution is 0.983. The molecule has 0 aliphatic carbocycles. The van der Waals surface area contributed by atoms with Gasteiger partial charge in [-0.3, -0.25) is 0 Å². The summed E-state index contributed by atoms with van der Waals surface area (Å²) in [6.07, 6.45) is 5.75. The second-order valence-electron chi connectivity index (χ2n) is 1.82. The molecule has 0 radical (unpaired) electrons. The topological polar surface area (TPSA) is 0 Å². The summed E-state index contributed by atoms with van der Waals surface area (Å²) in [6.45, 7) is 4.04. The smallest absolute Gasteiger partial charge is 0.00963 e. The van der Waals surface area contributed by atoms with Crippen molar-refractivity contribution in [2.75, 3.05) is 0 Å². The number of hydrogen-bond donors (Lipinski definition) is 0. The van der Waals surface area contributed by atoms with Crippen molar-refractivity contribution in [2.24, 2.45) is 0 Å². The lowest BCUT2D eigenvalue weighted by Crippen LogP contribution is -1.59. The predicted molar refractivity (Wildman–Crippen MR) is 45.3 cm³/mol. The average Bonchev–Trinajstić information content (AvgIpc) is 1.97. The molecule has 0 atom stereocenters. The van der Waals surface area contributed by atoms with Crippen LogP contribution in [0.25, 0.3) is 0 Å². The van der Waals surface area contributed by atoms with Gasteiger partial charge in [-0.15, -0.1) is 0 Å². The Bertz CT molecular complexity index is 200. The summed E-state index contributed by atoms with van der Waals surface area (Å²) in [5.74, 6) is 11.2. The van der Waals surface area contributed by atoms with Gasteiger partial charge >= 0.3 is 0 Å². The van der Waals surface area contributed by atoms with Gasteiger partial charge in [0.1, 0.15) is 0 Å². The van der Waals surface area contributed by atoms with Crippen LogP contribution in [0.4, 0.5) is 0 Å². The zero-order chi connectivity index (χ0) is 7.66. The molecule has 0 aliphatic rings. The van der Waals surface area contributed by atoms with Crippen LogP contribution >= 0.6 is 0 Å². The summed E-state index contributed by atoms with van der Waals surface area (Å²) in [7, 11) is 0. The molecule has 0 aromatic heterocycles. The molecule has 0 heteroatoms. The van der Waals surface area contributed by atoms with E-state index >= 15 is 0 Å². The molecule has 0 unspecified atom stereocenters. The van der Waals surface area contributed by atoms with Crippen molar-refractivity contribution < 1.29 is 0 Å². The molecule has 0 aromatic rings. The van der Waals surface area contributed by atoms with Gasteiger partial charge in [0.05, 0.1) is 0 Å². The minimum Gasteiger partial charge on any atom is -0.0891 e. The molecular formula is C10H12. The predicted octanol–water partition coefficient (Wildman–Crippen LogP) is 2.37. The molecule has 0 amide bonds. The van der Waals surface area contributed by atoms with Crippen LogP contribution in [0.15, 0.2) is 12.2 Å². The molecule has 0 fully saturated rings. The van der Waals surface area contributed by atoms with Crippen LogP contribution < -0.4 is 0 Å². The van der Waals surface area contributed by atoms with Gasteiger partial charge in [0.15, 0.2) is 0 Å². The molecule has 10 heavy (non-hydrogen) atoms. The Labute approximate surface area is 63.3 Å². The minimum absolute atomic E-state index is 0.949. The average molecular weight is 132 g/mol. The van der Waals surface area contributed by atoms with Gasteiger partial charge in [-0.2, -0.15) is 0 Å². The van der Waals surface area contributed by atoms with E-state index < -0.39 is 0 Å². The first-order valence-electron chi connectivity index (χ1n) is 3.51. The Morgan fingerprint density at radius 2 is 2.10 bits per heavy atom. The van der Waals surface area contributed by atoms with Crippen molar-refractivity contribution >= 4 is 0 Å². The van der Waals surface area contributed by atoms with Crippen molar-refractivity contribution in [3.8, 4) is 23.7 Å². The highest BCUT2D eigenvalue weighted by Crippen LogP contribution is 1.79. The van der Waals surface area contributed by atoms with Gasteiger partial charge in [-0.25, -0.2) is 0 Å². The molecule has 0 rings (SSSR count). The van der Waals surface area contributed by atoms with Crippen molar-refractivity contribution in [3.05, 3.63) is 12.2 Å². The lowest BCUT2D eigenvalue weighted by atomic mass is 10.3. The SMILES string of the molecule is C/C=C\C#CC#CCCC. The standard InChI is InChI=1S/C10H12/c1-3-5-7-9-10-8-6-4-2/h3,5H,4,6H2,1-2H3/b5-3-. The summed E-state index contributed by atoms with van der Waals surface area (Å²) in [5, 5.41) is 0. The van der Waals surface area contributed by atoms with Gasteiger partial charge in [0.2, 0.25) is 0 Å². The van der Waals surface area contributed by atoms with E-state index in [1.54, 1.807) is 6.08 Å². The summed E-state index contributed by atoms with van der Waals surface area (Å²) >= 11 is 0. The maximum atomic E-state index is 2.94. The lowest BCUT2D eigenvalue weighted by Gasteiger charge is -1.72. The molecule has 0 aliphatic heterocycles. The van der Waals surface area contributed by atoms with Gasteiger partial charge in [-0.05, 0) is 31.3 Å². The largest absolute Gasteiger partial charge is 0.0891 e. The van der Waals surface area contributed by atoms with Gasteiger partial charge < -0.3 is 0 Å². The second kappa shape index (κ2) is 7.86. The highest BCUT2D eigenvalue weighted by Gasteiger charge is 1.65. The first-order valence-corrected chi connectivity index (χ1v) is 3.51. The van der Waals surface area contributed by atoms with E-state index in [1.807, 2.05) is 13.0 Å². The summed E-state index contributed by atoms with van der Waals surface area (Å²) in [4.78, 5) is 0. The fourth-order valence-corrected chi connectivity index (χ4v) is 0.393. The van der Waals surface area contributed by atoms with E-state index in [0.29, 0.717) is 0 Å². The van der Waals surface area contributed by atoms with E-state index in [4.69, 9.17) is 0 Å². The molecule has 0 nitrogen and oxygen atoms in total. The fourth-order valence-electron chi connectivity index (χ4n) is 0.393. The molecule has 52 valence electrons. The first kappa shape index (κ1) is 8.86. The van der Waals surface area contributed by atoms with Crippen LogP contribution in [-0.4, -0.2) is 0 Å². The zero-order valence-corrected chi connectivity index (χ0v) is 6.57. The summed E-state index contributed by atoms with van der Waals surface area (Å²) in [6, 6.07) is 0. The molecule has 0 saturated heterocycles. The third kappa shape index (κ3) is 6.86. The molecule has 0 bridgehead atoms. The van der Waals surface area contributed by atoms with Crippen LogP contribution in [-0.2, 0) is 0 Å². The van der Waals surface area contributed by atoms with E-state index in [9.17, 15) is 0 Å². The van der Waals surface area contributed by atoms with Crippen LogP contribution in [0.2, 0.25) is 0 Å². The Morgan fingerprint density at radius 3 is 2.70 bits per heavy atom. The van der Waals surface area contributed by atoms with Crippen LogP contribution in [0, 0.1) is 23.7 Å².